The molecule has 8 heteroatoms. The number of thiophene rings is 1. The van der Waals surface area contributed by atoms with E-state index in [9.17, 15) is 24.6 Å². The van der Waals surface area contributed by atoms with E-state index in [0.717, 1.165) is 22.5 Å². The number of nitrogens with zero attached hydrogens (tertiary/aromatic N) is 2. The standard InChI is InChI=1S/C22H24N2O5S/c1-4-5-16-23-19-17(13(3)18(30-19)22(28)29)20(25)24(16)15(21(26)27)11-10-14-8-6-12(2)7-9-14/h6-9,15H,4-5,10-11H2,1-3H3,(H,26,27)(H,28,29). The van der Waals surface area contributed by atoms with Crippen LogP contribution in [-0.2, 0) is 17.6 Å². The summed E-state index contributed by atoms with van der Waals surface area (Å²) in [5, 5.41) is 19.5. The number of benzene rings is 1. The van der Waals surface area contributed by atoms with Crippen LogP contribution in [0.4, 0.5) is 0 Å². The third-order valence-corrected chi connectivity index (χ3v) is 6.33. The molecular weight excluding hydrogens is 404 g/mol. The predicted molar refractivity (Wildman–Crippen MR) is 116 cm³/mol. The summed E-state index contributed by atoms with van der Waals surface area (Å²) >= 11 is 0.955. The van der Waals surface area contributed by atoms with E-state index >= 15 is 0 Å². The first kappa shape index (κ1) is 21.7. The van der Waals surface area contributed by atoms with Crippen molar-refractivity contribution >= 4 is 33.5 Å². The molecule has 2 N–H and O–H groups in total. The first-order valence-corrected chi connectivity index (χ1v) is 10.6. The number of carbonyl (C=O) groups is 2. The summed E-state index contributed by atoms with van der Waals surface area (Å²) in [5.74, 6) is -1.84. The number of aromatic nitrogens is 2. The Hall–Kier alpha value is -3.00. The number of carboxylic acid groups (broad SMARTS) is 2. The van der Waals surface area contributed by atoms with Crippen LogP contribution in [0.1, 0.15) is 58.0 Å². The number of aromatic carboxylic acids is 1. The monoisotopic (exact) mass is 428 g/mol. The molecule has 1 unspecified atom stereocenters. The number of hydrogen-bond acceptors (Lipinski definition) is 5. The van der Waals surface area contributed by atoms with Gasteiger partial charge in [0.15, 0.2) is 0 Å². The minimum atomic E-state index is -1.12. The first-order valence-electron chi connectivity index (χ1n) is 9.80. The molecule has 0 saturated heterocycles. The van der Waals surface area contributed by atoms with Crippen molar-refractivity contribution in [3.63, 3.8) is 0 Å². The molecule has 3 aromatic rings. The fourth-order valence-electron chi connectivity index (χ4n) is 3.58. The summed E-state index contributed by atoms with van der Waals surface area (Å²) in [5.41, 5.74) is 1.96. The highest BCUT2D eigenvalue weighted by atomic mass is 32.1. The van der Waals surface area contributed by atoms with Crippen molar-refractivity contribution in [3.8, 4) is 0 Å². The van der Waals surface area contributed by atoms with Gasteiger partial charge in [-0.1, -0.05) is 36.8 Å². The van der Waals surface area contributed by atoms with E-state index in [0.29, 0.717) is 35.5 Å². The van der Waals surface area contributed by atoms with E-state index in [1.807, 2.05) is 38.1 Å². The summed E-state index contributed by atoms with van der Waals surface area (Å²) in [4.78, 5) is 41.9. The van der Waals surface area contributed by atoms with E-state index in [-0.39, 0.29) is 16.7 Å². The number of aryl methyl sites for hydroxylation is 4. The topological polar surface area (TPSA) is 109 Å². The van der Waals surface area contributed by atoms with Gasteiger partial charge in [0.1, 0.15) is 21.6 Å². The molecule has 158 valence electrons. The molecule has 0 bridgehead atoms. The molecule has 3 rings (SSSR count). The highest BCUT2D eigenvalue weighted by molar-refractivity contribution is 7.20. The predicted octanol–water partition coefficient (Wildman–Crippen LogP) is 3.98. The minimum Gasteiger partial charge on any atom is -0.480 e. The van der Waals surface area contributed by atoms with Crippen LogP contribution in [0.3, 0.4) is 0 Å². The Bertz CT molecular complexity index is 1160. The smallest absolute Gasteiger partial charge is 0.346 e. The summed E-state index contributed by atoms with van der Waals surface area (Å²) in [6.07, 6.45) is 1.84. The Labute approximate surface area is 177 Å². The second kappa shape index (κ2) is 8.79. The molecule has 0 aliphatic carbocycles. The average molecular weight is 429 g/mol. The van der Waals surface area contributed by atoms with Crippen LogP contribution in [0.25, 0.3) is 10.2 Å². The molecule has 30 heavy (non-hydrogen) atoms. The molecule has 1 atom stereocenters. The van der Waals surface area contributed by atoms with Crippen LogP contribution < -0.4 is 5.56 Å². The second-order valence-electron chi connectivity index (χ2n) is 7.37. The van der Waals surface area contributed by atoms with E-state index in [1.165, 1.54) is 4.57 Å². The van der Waals surface area contributed by atoms with Gasteiger partial charge in [0.05, 0.1) is 5.39 Å². The van der Waals surface area contributed by atoms with Crippen molar-refractivity contribution in [2.75, 3.05) is 0 Å². The molecule has 0 aliphatic heterocycles. The summed E-state index contributed by atoms with van der Waals surface area (Å²) in [7, 11) is 0. The Morgan fingerprint density at radius 2 is 1.80 bits per heavy atom. The minimum absolute atomic E-state index is 0.0568. The normalized spacial score (nSPS) is 12.2. The van der Waals surface area contributed by atoms with Crippen LogP contribution in [0, 0.1) is 13.8 Å². The number of hydrogen-bond donors (Lipinski definition) is 2. The maximum atomic E-state index is 13.4. The average Bonchev–Trinajstić information content (AvgIpc) is 3.02. The Morgan fingerprint density at radius 3 is 2.37 bits per heavy atom. The highest BCUT2D eigenvalue weighted by Gasteiger charge is 2.27. The molecule has 0 aliphatic rings. The fraction of sp³-hybridized carbons (Fsp3) is 0.364. The molecule has 0 spiro atoms. The van der Waals surface area contributed by atoms with Gasteiger partial charge in [-0.25, -0.2) is 14.6 Å². The number of fused-ring (bicyclic) bond motifs is 1. The van der Waals surface area contributed by atoms with Crippen molar-refractivity contribution in [2.45, 2.75) is 52.5 Å². The van der Waals surface area contributed by atoms with E-state index in [2.05, 4.69) is 4.98 Å². The fourth-order valence-corrected chi connectivity index (χ4v) is 4.61. The van der Waals surface area contributed by atoms with Crippen molar-refractivity contribution in [1.82, 2.24) is 9.55 Å². The molecule has 7 nitrogen and oxygen atoms in total. The molecule has 1 aromatic carbocycles. The third-order valence-electron chi connectivity index (χ3n) is 5.16. The zero-order chi connectivity index (χ0) is 22.0. The van der Waals surface area contributed by atoms with Crippen LogP contribution >= 0.6 is 11.3 Å². The quantitative estimate of drug-likeness (QED) is 0.562. The SMILES string of the molecule is CCCc1nc2sc(C(=O)O)c(C)c2c(=O)n1C(CCc1ccc(C)cc1)C(=O)O. The Morgan fingerprint density at radius 1 is 1.13 bits per heavy atom. The van der Waals surface area contributed by atoms with Gasteiger partial charge in [0.2, 0.25) is 0 Å². The van der Waals surface area contributed by atoms with Crippen molar-refractivity contribution in [1.29, 1.82) is 0 Å². The van der Waals surface area contributed by atoms with Crippen LogP contribution in [0.2, 0.25) is 0 Å². The maximum absolute atomic E-state index is 13.4. The summed E-state index contributed by atoms with van der Waals surface area (Å²) < 4.78 is 1.26. The number of rotatable bonds is 8. The Balaban J connectivity index is 2.12. The lowest BCUT2D eigenvalue weighted by Gasteiger charge is -2.19. The maximum Gasteiger partial charge on any atom is 0.346 e. The molecule has 0 radical (unpaired) electrons. The van der Waals surface area contributed by atoms with Gasteiger partial charge in [-0.15, -0.1) is 11.3 Å². The lowest BCUT2D eigenvalue weighted by Crippen LogP contribution is -2.34. The van der Waals surface area contributed by atoms with E-state index in [4.69, 9.17) is 0 Å². The van der Waals surface area contributed by atoms with Crippen LogP contribution in [-0.4, -0.2) is 31.7 Å². The van der Waals surface area contributed by atoms with Crippen molar-refractivity contribution < 1.29 is 19.8 Å². The molecule has 2 heterocycles. The second-order valence-corrected chi connectivity index (χ2v) is 8.37. The van der Waals surface area contributed by atoms with Gasteiger partial charge in [0.25, 0.3) is 5.56 Å². The highest BCUT2D eigenvalue weighted by Crippen LogP contribution is 2.29. The molecular formula is C22H24N2O5S. The Kier molecular flexibility index (Phi) is 6.36. The van der Waals surface area contributed by atoms with Crippen molar-refractivity contribution in [2.24, 2.45) is 0 Å². The first-order chi connectivity index (χ1) is 14.2. The van der Waals surface area contributed by atoms with Crippen molar-refractivity contribution in [3.05, 3.63) is 62.0 Å². The van der Waals surface area contributed by atoms with Gasteiger partial charge in [0, 0.05) is 6.42 Å². The number of aliphatic carboxylic acids is 1. The zero-order valence-electron chi connectivity index (χ0n) is 17.1. The van der Waals surface area contributed by atoms with Gasteiger partial charge in [-0.05, 0) is 44.2 Å². The van der Waals surface area contributed by atoms with Gasteiger partial charge in [-0.3, -0.25) is 9.36 Å². The third kappa shape index (κ3) is 4.14. The number of carboxylic acids is 2. The molecule has 0 saturated carbocycles. The lowest BCUT2D eigenvalue weighted by atomic mass is 10.0. The van der Waals surface area contributed by atoms with Gasteiger partial charge < -0.3 is 10.2 Å². The molecule has 2 aromatic heterocycles. The van der Waals surface area contributed by atoms with Crippen LogP contribution in [0.5, 0.6) is 0 Å². The van der Waals surface area contributed by atoms with Crippen LogP contribution in [0.15, 0.2) is 29.1 Å². The van der Waals surface area contributed by atoms with E-state index < -0.39 is 23.5 Å². The summed E-state index contributed by atoms with van der Waals surface area (Å²) in [6.45, 7) is 5.47. The molecule has 0 fully saturated rings. The van der Waals surface area contributed by atoms with E-state index in [1.54, 1.807) is 6.92 Å². The zero-order valence-corrected chi connectivity index (χ0v) is 18.0. The summed E-state index contributed by atoms with van der Waals surface area (Å²) in [6, 6.07) is 6.76. The lowest BCUT2D eigenvalue weighted by molar-refractivity contribution is -0.141. The molecule has 0 amide bonds. The van der Waals surface area contributed by atoms with Gasteiger partial charge in [-0.2, -0.15) is 0 Å². The van der Waals surface area contributed by atoms with Gasteiger partial charge >= 0.3 is 11.9 Å². The largest absolute Gasteiger partial charge is 0.480 e.